The first-order chi connectivity index (χ1) is 10.6. The summed E-state index contributed by atoms with van der Waals surface area (Å²) in [5.74, 6) is -0.274. The summed E-state index contributed by atoms with van der Waals surface area (Å²) in [6.45, 7) is 0. The number of carbonyl (C=O) groups excluding carboxylic acids is 1. The van der Waals surface area contributed by atoms with Crippen molar-refractivity contribution in [3.05, 3.63) is 73.8 Å². The van der Waals surface area contributed by atoms with Crippen LogP contribution in [0.5, 0.6) is 0 Å². The van der Waals surface area contributed by atoms with Crippen molar-refractivity contribution in [2.24, 2.45) is 4.99 Å². The molecule has 1 aliphatic heterocycles. The van der Waals surface area contributed by atoms with Gasteiger partial charge in [-0.3, -0.25) is 0 Å². The molecule has 1 heterocycles. The fourth-order valence-electron chi connectivity index (χ4n) is 1.94. The van der Waals surface area contributed by atoms with Crippen LogP contribution in [0.15, 0.2) is 57.6 Å². The second-order valence-corrected chi connectivity index (χ2v) is 6.10. The Morgan fingerprint density at radius 2 is 1.86 bits per heavy atom. The Kier molecular flexibility index (Phi) is 4.34. The van der Waals surface area contributed by atoms with E-state index in [1.807, 2.05) is 24.3 Å². The largest absolute Gasteiger partial charge is 0.402 e. The Bertz CT molecular complexity index is 831. The first-order valence-corrected chi connectivity index (χ1v) is 7.82. The van der Waals surface area contributed by atoms with E-state index in [2.05, 4.69) is 20.9 Å². The fraction of sp³-hybridized carbons (Fsp3) is 0. The summed E-state index contributed by atoms with van der Waals surface area (Å²) in [5, 5.41) is 0.784. The van der Waals surface area contributed by atoms with Crippen molar-refractivity contribution in [2.45, 2.75) is 0 Å². The molecule has 0 radical (unpaired) electrons. The highest BCUT2D eigenvalue weighted by Gasteiger charge is 2.25. The van der Waals surface area contributed by atoms with Crippen LogP contribution < -0.4 is 0 Å². The van der Waals surface area contributed by atoms with Crippen molar-refractivity contribution in [3.8, 4) is 0 Å². The van der Waals surface area contributed by atoms with Crippen LogP contribution in [0.25, 0.3) is 6.08 Å². The minimum Gasteiger partial charge on any atom is -0.402 e. The van der Waals surface area contributed by atoms with Gasteiger partial charge in [-0.25, -0.2) is 9.79 Å². The van der Waals surface area contributed by atoms with Gasteiger partial charge in [-0.05, 0) is 45.8 Å². The molecule has 22 heavy (non-hydrogen) atoms. The van der Waals surface area contributed by atoms with Crippen LogP contribution in [0, 0.1) is 0 Å². The Balaban J connectivity index is 2.02. The highest BCUT2D eigenvalue weighted by molar-refractivity contribution is 9.10. The standard InChI is InChI=1S/C16H8BrCl2NO2/c17-11-6-2-1-5-10(11)15-20-13(16(21)22-15)8-9-4-3-7-12(18)14(9)19/h1-8H. The molecule has 1 aliphatic rings. The average molecular weight is 397 g/mol. The molecule has 2 aromatic carbocycles. The highest BCUT2D eigenvalue weighted by atomic mass is 79.9. The average Bonchev–Trinajstić information content (AvgIpc) is 2.85. The predicted molar refractivity (Wildman–Crippen MR) is 91.2 cm³/mol. The number of benzene rings is 2. The van der Waals surface area contributed by atoms with Gasteiger partial charge in [0.05, 0.1) is 15.6 Å². The number of nitrogens with zero attached hydrogens (tertiary/aromatic N) is 1. The molecule has 6 heteroatoms. The van der Waals surface area contributed by atoms with E-state index in [0.717, 1.165) is 4.47 Å². The number of hydrogen-bond acceptors (Lipinski definition) is 3. The summed E-state index contributed by atoms with van der Waals surface area (Å²) >= 11 is 15.5. The van der Waals surface area contributed by atoms with E-state index >= 15 is 0 Å². The van der Waals surface area contributed by atoms with Crippen LogP contribution >= 0.6 is 39.1 Å². The van der Waals surface area contributed by atoms with Crippen LogP contribution in [0.4, 0.5) is 0 Å². The zero-order valence-electron chi connectivity index (χ0n) is 11.0. The number of esters is 1. The summed E-state index contributed by atoms with van der Waals surface area (Å²) in [6.07, 6.45) is 1.56. The molecule has 0 saturated carbocycles. The van der Waals surface area contributed by atoms with Gasteiger partial charge in [0.25, 0.3) is 0 Å². The smallest absolute Gasteiger partial charge is 0.363 e. The molecule has 0 unspecified atom stereocenters. The van der Waals surface area contributed by atoms with E-state index in [1.165, 1.54) is 0 Å². The van der Waals surface area contributed by atoms with Crippen LogP contribution in [-0.4, -0.2) is 11.9 Å². The highest BCUT2D eigenvalue weighted by Crippen LogP contribution is 2.29. The molecular weight excluding hydrogens is 389 g/mol. The second-order valence-electron chi connectivity index (χ2n) is 4.46. The quantitative estimate of drug-likeness (QED) is 0.523. The zero-order chi connectivity index (χ0) is 15.7. The van der Waals surface area contributed by atoms with E-state index in [4.69, 9.17) is 27.9 Å². The Labute approximate surface area is 145 Å². The second kappa shape index (κ2) is 6.24. The van der Waals surface area contributed by atoms with Gasteiger partial charge in [-0.1, -0.05) is 47.5 Å². The van der Waals surface area contributed by atoms with Gasteiger partial charge < -0.3 is 4.74 Å². The lowest BCUT2D eigenvalue weighted by Crippen LogP contribution is -2.05. The number of rotatable bonds is 2. The molecule has 0 N–H and O–H groups in total. The van der Waals surface area contributed by atoms with Crippen molar-refractivity contribution in [2.75, 3.05) is 0 Å². The van der Waals surface area contributed by atoms with Gasteiger partial charge in [0.1, 0.15) is 0 Å². The van der Waals surface area contributed by atoms with Crippen LogP contribution in [0.2, 0.25) is 10.0 Å². The summed E-state index contributed by atoms with van der Waals surface area (Å²) < 4.78 is 6.01. The fourth-order valence-corrected chi connectivity index (χ4v) is 2.76. The molecule has 0 saturated heterocycles. The lowest BCUT2D eigenvalue weighted by molar-refractivity contribution is -0.129. The summed E-state index contributed by atoms with van der Waals surface area (Å²) in [5.41, 5.74) is 1.49. The first-order valence-electron chi connectivity index (χ1n) is 6.28. The van der Waals surface area contributed by atoms with Gasteiger partial charge in [-0.2, -0.15) is 0 Å². The Hall–Kier alpha value is -1.62. The van der Waals surface area contributed by atoms with Gasteiger partial charge >= 0.3 is 5.97 Å². The molecule has 0 aromatic heterocycles. The van der Waals surface area contributed by atoms with Crippen LogP contribution in [0.1, 0.15) is 11.1 Å². The molecule has 2 aromatic rings. The van der Waals surface area contributed by atoms with Crippen LogP contribution in [-0.2, 0) is 9.53 Å². The monoisotopic (exact) mass is 395 g/mol. The predicted octanol–water partition coefficient (Wildman–Crippen LogP) is 5.10. The maximum Gasteiger partial charge on any atom is 0.363 e. The molecule has 3 nitrogen and oxygen atoms in total. The topological polar surface area (TPSA) is 38.7 Å². The number of halogens is 3. The molecular formula is C16H8BrCl2NO2. The van der Waals surface area contributed by atoms with Crippen molar-refractivity contribution in [1.82, 2.24) is 0 Å². The minimum absolute atomic E-state index is 0.176. The van der Waals surface area contributed by atoms with E-state index in [1.54, 1.807) is 24.3 Å². The number of ether oxygens (including phenoxy) is 1. The Morgan fingerprint density at radius 3 is 2.64 bits per heavy atom. The van der Waals surface area contributed by atoms with E-state index in [-0.39, 0.29) is 11.6 Å². The van der Waals surface area contributed by atoms with E-state index in [0.29, 0.717) is 21.2 Å². The molecule has 0 bridgehead atoms. The maximum atomic E-state index is 12.0. The Morgan fingerprint density at radius 1 is 1.09 bits per heavy atom. The maximum absolute atomic E-state index is 12.0. The summed E-state index contributed by atoms with van der Waals surface area (Å²) in [7, 11) is 0. The third kappa shape index (κ3) is 2.95. The first kappa shape index (κ1) is 15.3. The van der Waals surface area contributed by atoms with Crippen molar-refractivity contribution < 1.29 is 9.53 Å². The lowest BCUT2D eigenvalue weighted by atomic mass is 10.2. The molecule has 0 amide bonds. The number of aliphatic imine (C=N–C) groups is 1. The molecule has 110 valence electrons. The van der Waals surface area contributed by atoms with E-state index < -0.39 is 5.97 Å². The number of cyclic esters (lactones) is 1. The normalized spacial score (nSPS) is 15.9. The minimum atomic E-state index is -0.526. The molecule has 0 spiro atoms. The van der Waals surface area contributed by atoms with Crippen LogP contribution in [0.3, 0.4) is 0 Å². The molecule has 0 atom stereocenters. The van der Waals surface area contributed by atoms with E-state index in [9.17, 15) is 4.79 Å². The van der Waals surface area contributed by atoms with Crippen molar-refractivity contribution in [3.63, 3.8) is 0 Å². The van der Waals surface area contributed by atoms with Gasteiger partial charge in [0, 0.05) is 4.47 Å². The van der Waals surface area contributed by atoms with Crippen molar-refractivity contribution >= 4 is 57.1 Å². The molecule has 3 rings (SSSR count). The van der Waals surface area contributed by atoms with Crippen molar-refractivity contribution in [1.29, 1.82) is 0 Å². The third-order valence-corrected chi connectivity index (χ3v) is 4.52. The summed E-state index contributed by atoms with van der Waals surface area (Å²) in [6, 6.07) is 12.5. The molecule has 0 fully saturated rings. The molecule has 0 aliphatic carbocycles. The van der Waals surface area contributed by atoms with Gasteiger partial charge in [0.2, 0.25) is 5.90 Å². The third-order valence-electron chi connectivity index (χ3n) is 3.00. The van der Waals surface area contributed by atoms with Gasteiger partial charge in [0.15, 0.2) is 5.70 Å². The summed E-state index contributed by atoms with van der Waals surface area (Å²) in [4.78, 5) is 16.2. The SMILES string of the molecule is O=C1OC(c2ccccc2Br)=NC1=Cc1cccc(Cl)c1Cl. The number of hydrogen-bond donors (Lipinski definition) is 0. The van der Waals surface area contributed by atoms with Gasteiger partial charge in [-0.15, -0.1) is 0 Å². The zero-order valence-corrected chi connectivity index (χ0v) is 14.1. The number of carbonyl (C=O) groups is 1. The lowest BCUT2D eigenvalue weighted by Gasteiger charge is -2.01.